The summed E-state index contributed by atoms with van der Waals surface area (Å²) in [5, 5.41) is 3.12. The van der Waals surface area contributed by atoms with Gasteiger partial charge in [-0.15, -0.1) is 0 Å². The molecule has 146 valence electrons. The summed E-state index contributed by atoms with van der Waals surface area (Å²) in [7, 11) is -3.51. The molecule has 0 radical (unpaired) electrons. The monoisotopic (exact) mass is 389 g/mol. The second kappa shape index (κ2) is 8.67. The van der Waals surface area contributed by atoms with Crippen LogP contribution >= 0.6 is 0 Å². The highest BCUT2D eigenvalue weighted by Gasteiger charge is 2.15. The standard InChI is InChI=1S/C19H27N5O2S/c1-15-7-6-8-17(13-15)27(25,26)21-10-9-20-19-22-16(2)14-18(23-19)24-11-4-3-5-12-24/h6-8,13-14,21H,3-5,9-12H2,1-2H3,(H,20,22,23). The summed E-state index contributed by atoms with van der Waals surface area (Å²) in [4.78, 5) is 11.6. The lowest BCUT2D eigenvalue weighted by molar-refractivity contribution is 0.573. The maximum Gasteiger partial charge on any atom is 0.240 e. The summed E-state index contributed by atoms with van der Waals surface area (Å²) in [5.41, 5.74) is 1.81. The Labute approximate surface area is 161 Å². The van der Waals surface area contributed by atoms with E-state index in [1.807, 2.05) is 26.0 Å². The lowest BCUT2D eigenvalue weighted by Crippen LogP contribution is -2.31. The third kappa shape index (κ3) is 5.40. The van der Waals surface area contributed by atoms with Crippen LogP contribution in [0.4, 0.5) is 11.8 Å². The van der Waals surface area contributed by atoms with E-state index in [0.717, 1.165) is 30.2 Å². The van der Waals surface area contributed by atoms with Crippen LogP contribution in [0, 0.1) is 13.8 Å². The highest BCUT2D eigenvalue weighted by Crippen LogP contribution is 2.19. The minimum atomic E-state index is -3.51. The SMILES string of the molecule is Cc1cccc(S(=O)(=O)NCCNc2nc(C)cc(N3CCCCC3)n2)c1. The van der Waals surface area contributed by atoms with E-state index in [4.69, 9.17) is 0 Å². The third-order valence-electron chi connectivity index (χ3n) is 4.52. The van der Waals surface area contributed by atoms with Gasteiger partial charge in [0.1, 0.15) is 5.82 Å². The molecular formula is C19H27N5O2S. The molecule has 1 aliphatic heterocycles. The first kappa shape index (κ1) is 19.6. The van der Waals surface area contributed by atoms with Crippen LogP contribution in [-0.4, -0.2) is 44.6 Å². The number of hydrogen-bond acceptors (Lipinski definition) is 6. The predicted octanol–water partition coefficient (Wildman–Crippen LogP) is 2.47. The molecule has 2 heterocycles. The van der Waals surface area contributed by atoms with Crippen molar-refractivity contribution in [3.8, 4) is 0 Å². The molecule has 1 aromatic carbocycles. The molecule has 3 rings (SSSR count). The van der Waals surface area contributed by atoms with Crippen LogP contribution in [-0.2, 0) is 10.0 Å². The number of piperidine rings is 1. The number of nitrogens with zero attached hydrogens (tertiary/aromatic N) is 3. The van der Waals surface area contributed by atoms with Gasteiger partial charge in [0, 0.05) is 37.9 Å². The molecule has 27 heavy (non-hydrogen) atoms. The second-order valence-corrected chi connectivity index (χ2v) is 8.65. The Balaban J connectivity index is 1.56. The van der Waals surface area contributed by atoms with Crippen molar-refractivity contribution in [3.63, 3.8) is 0 Å². The third-order valence-corrected chi connectivity index (χ3v) is 5.98. The Morgan fingerprint density at radius 1 is 1.04 bits per heavy atom. The zero-order chi connectivity index (χ0) is 19.3. The number of aromatic nitrogens is 2. The topological polar surface area (TPSA) is 87.2 Å². The lowest BCUT2D eigenvalue weighted by Gasteiger charge is -2.28. The largest absolute Gasteiger partial charge is 0.356 e. The highest BCUT2D eigenvalue weighted by atomic mass is 32.2. The highest BCUT2D eigenvalue weighted by molar-refractivity contribution is 7.89. The second-order valence-electron chi connectivity index (χ2n) is 6.88. The number of rotatable bonds is 7. The molecule has 1 fully saturated rings. The number of hydrogen-bond donors (Lipinski definition) is 2. The van der Waals surface area contributed by atoms with Crippen molar-refractivity contribution in [3.05, 3.63) is 41.6 Å². The van der Waals surface area contributed by atoms with Gasteiger partial charge in [0.05, 0.1) is 4.90 Å². The normalized spacial score (nSPS) is 15.0. The summed E-state index contributed by atoms with van der Waals surface area (Å²) in [5.74, 6) is 1.47. The fourth-order valence-corrected chi connectivity index (χ4v) is 4.28. The Bertz CT molecular complexity index is 879. The molecule has 8 heteroatoms. The number of aryl methyl sites for hydroxylation is 2. The number of anilines is 2. The van der Waals surface area contributed by atoms with Crippen LogP contribution in [0.2, 0.25) is 0 Å². The fraction of sp³-hybridized carbons (Fsp3) is 0.474. The van der Waals surface area contributed by atoms with E-state index in [2.05, 4.69) is 24.9 Å². The summed E-state index contributed by atoms with van der Waals surface area (Å²) >= 11 is 0. The minimum absolute atomic E-state index is 0.257. The van der Waals surface area contributed by atoms with Gasteiger partial charge in [-0.2, -0.15) is 4.98 Å². The van der Waals surface area contributed by atoms with Crippen molar-refractivity contribution in [2.24, 2.45) is 0 Å². The maximum atomic E-state index is 12.3. The van der Waals surface area contributed by atoms with Crippen LogP contribution in [0.25, 0.3) is 0 Å². The maximum absolute atomic E-state index is 12.3. The van der Waals surface area contributed by atoms with Crippen LogP contribution in [0.15, 0.2) is 35.2 Å². The Kier molecular flexibility index (Phi) is 6.28. The molecule has 1 saturated heterocycles. The molecule has 7 nitrogen and oxygen atoms in total. The van der Waals surface area contributed by atoms with Gasteiger partial charge in [0.15, 0.2) is 0 Å². The zero-order valence-corrected chi connectivity index (χ0v) is 16.7. The van der Waals surface area contributed by atoms with Gasteiger partial charge in [-0.1, -0.05) is 12.1 Å². The van der Waals surface area contributed by atoms with E-state index in [1.165, 1.54) is 19.3 Å². The molecule has 0 atom stereocenters. The lowest BCUT2D eigenvalue weighted by atomic mass is 10.1. The van der Waals surface area contributed by atoms with Crippen LogP contribution in [0.1, 0.15) is 30.5 Å². The van der Waals surface area contributed by atoms with Crippen molar-refractivity contribution in [1.29, 1.82) is 0 Å². The van der Waals surface area contributed by atoms with Crippen molar-refractivity contribution in [2.45, 2.75) is 38.0 Å². The number of sulfonamides is 1. The molecule has 0 unspecified atom stereocenters. The van der Waals surface area contributed by atoms with Gasteiger partial charge in [0.2, 0.25) is 16.0 Å². The van der Waals surface area contributed by atoms with Crippen LogP contribution < -0.4 is 14.9 Å². The van der Waals surface area contributed by atoms with E-state index >= 15 is 0 Å². The number of nitrogens with one attached hydrogen (secondary N) is 2. The average molecular weight is 390 g/mol. The van der Waals surface area contributed by atoms with Crippen molar-refractivity contribution < 1.29 is 8.42 Å². The smallest absolute Gasteiger partial charge is 0.240 e. The van der Waals surface area contributed by atoms with Gasteiger partial charge in [-0.3, -0.25) is 0 Å². The molecular weight excluding hydrogens is 362 g/mol. The molecule has 2 aromatic rings. The van der Waals surface area contributed by atoms with E-state index in [1.54, 1.807) is 18.2 Å². The molecule has 1 aromatic heterocycles. The van der Waals surface area contributed by atoms with E-state index in [-0.39, 0.29) is 11.4 Å². The molecule has 1 aliphatic rings. The van der Waals surface area contributed by atoms with Gasteiger partial charge >= 0.3 is 0 Å². The quantitative estimate of drug-likeness (QED) is 0.708. The number of benzene rings is 1. The Morgan fingerprint density at radius 2 is 1.81 bits per heavy atom. The summed E-state index contributed by atoms with van der Waals surface area (Å²) in [6, 6.07) is 8.86. The van der Waals surface area contributed by atoms with Gasteiger partial charge in [-0.05, 0) is 50.8 Å². The minimum Gasteiger partial charge on any atom is -0.356 e. The molecule has 0 bridgehead atoms. The Morgan fingerprint density at radius 3 is 2.56 bits per heavy atom. The molecule has 0 spiro atoms. The molecule has 0 amide bonds. The summed E-state index contributed by atoms with van der Waals surface area (Å²) in [6.45, 7) is 6.52. The van der Waals surface area contributed by atoms with Crippen LogP contribution in [0.3, 0.4) is 0 Å². The Hall–Kier alpha value is -2.19. The zero-order valence-electron chi connectivity index (χ0n) is 15.9. The summed E-state index contributed by atoms with van der Waals surface area (Å²) < 4.78 is 27.3. The summed E-state index contributed by atoms with van der Waals surface area (Å²) in [6.07, 6.45) is 3.64. The predicted molar refractivity (Wildman–Crippen MR) is 108 cm³/mol. The first-order valence-corrected chi connectivity index (χ1v) is 10.8. The van der Waals surface area contributed by atoms with Gasteiger partial charge in [-0.25, -0.2) is 18.1 Å². The molecule has 0 aliphatic carbocycles. The molecule has 0 saturated carbocycles. The van der Waals surface area contributed by atoms with Crippen molar-refractivity contribution in [1.82, 2.24) is 14.7 Å². The first-order valence-electron chi connectivity index (χ1n) is 9.35. The van der Waals surface area contributed by atoms with Crippen molar-refractivity contribution >= 4 is 21.8 Å². The van der Waals surface area contributed by atoms with Crippen LogP contribution in [0.5, 0.6) is 0 Å². The first-order chi connectivity index (χ1) is 12.9. The van der Waals surface area contributed by atoms with E-state index < -0.39 is 10.0 Å². The fourth-order valence-electron chi connectivity index (χ4n) is 3.14. The van der Waals surface area contributed by atoms with E-state index in [9.17, 15) is 8.42 Å². The van der Waals surface area contributed by atoms with Gasteiger partial charge in [0.25, 0.3) is 0 Å². The van der Waals surface area contributed by atoms with Crippen molar-refractivity contribution in [2.75, 3.05) is 36.4 Å². The molecule has 2 N–H and O–H groups in total. The average Bonchev–Trinajstić information content (AvgIpc) is 2.66. The van der Waals surface area contributed by atoms with Gasteiger partial charge < -0.3 is 10.2 Å². The van der Waals surface area contributed by atoms with E-state index in [0.29, 0.717) is 12.5 Å².